The second kappa shape index (κ2) is 8.34. The molecule has 3 amide bonds. The Hall–Kier alpha value is -3.36. The molecule has 0 aliphatic carbocycles. The van der Waals surface area contributed by atoms with Gasteiger partial charge in [0.05, 0.1) is 11.3 Å². The monoisotopic (exact) mass is 405 g/mol. The standard InChI is InChI=1S/C20H18F3N3O3/c21-20(22,23)15-8-1-2-9-16(15)25-19(29)18(28)24-13-6-5-7-14(12-13)26-11-4-3-10-17(26)27/h1-2,5-9,12H,3-4,10-11H2,(H,24,28)(H,25,29). The zero-order valence-corrected chi connectivity index (χ0v) is 15.3. The van der Waals surface area contributed by atoms with Gasteiger partial charge in [-0.25, -0.2) is 0 Å². The van der Waals surface area contributed by atoms with Gasteiger partial charge in [-0.1, -0.05) is 18.2 Å². The van der Waals surface area contributed by atoms with Crippen LogP contribution in [0.2, 0.25) is 0 Å². The van der Waals surface area contributed by atoms with Crippen molar-refractivity contribution < 1.29 is 27.6 Å². The SMILES string of the molecule is O=C(Nc1cccc(N2CCCCC2=O)c1)C(=O)Nc1ccccc1C(F)(F)F. The second-order valence-corrected chi connectivity index (χ2v) is 6.50. The van der Waals surface area contributed by atoms with Crippen LogP contribution in [-0.2, 0) is 20.6 Å². The highest BCUT2D eigenvalue weighted by molar-refractivity contribution is 6.43. The Morgan fingerprint density at radius 2 is 1.66 bits per heavy atom. The van der Waals surface area contributed by atoms with Crippen LogP contribution in [0, 0.1) is 0 Å². The third-order valence-corrected chi connectivity index (χ3v) is 4.43. The van der Waals surface area contributed by atoms with Crippen molar-refractivity contribution in [1.29, 1.82) is 0 Å². The highest BCUT2D eigenvalue weighted by Gasteiger charge is 2.34. The zero-order valence-electron chi connectivity index (χ0n) is 15.3. The van der Waals surface area contributed by atoms with Crippen molar-refractivity contribution >= 4 is 34.8 Å². The van der Waals surface area contributed by atoms with E-state index in [2.05, 4.69) is 5.32 Å². The summed E-state index contributed by atoms with van der Waals surface area (Å²) in [7, 11) is 0. The van der Waals surface area contributed by atoms with Gasteiger partial charge in [0.25, 0.3) is 0 Å². The summed E-state index contributed by atoms with van der Waals surface area (Å²) >= 11 is 0. The number of amides is 3. The zero-order chi connectivity index (χ0) is 21.0. The average Bonchev–Trinajstić information content (AvgIpc) is 2.68. The fraction of sp³-hybridized carbons (Fsp3) is 0.250. The number of nitrogens with one attached hydrogen (secondary N) is 2. The third kappa shape index (κ3) is 4.92. The van der Waals surface area contributed by atoms with Gasteiger partial charge in [0.15, 0.2) is 0 Å². The molecule has 2 aromatic carbocycles. The van der Waals surface area contributed by atoms with Gasteiger partial charge in [0.2, 0.25) is 5.91 Å². The van der Waals surface area contributed by atoms with E-state index in [4.69, 9.17) is 0 Å². The van der Waals surface area contributed by atoms with Crippen LogP contribution in [0.1, 0.15) is 24.8 Å². The Balaban J connectivity index is 1.70. The Morgan fingerprint density at radius 3 is 2.38 bits per heavy atom. The van der Waals surface area contributed by atoms with Gasteiger partial charge in [0.1, 0.15) is 0 Å². The molecule has 1 aliphatic heterocycles. The first-order chi connectivity index (χ1) is 13.8. The van der Waals surface area contributed by atoms with Crippen LogP contribution in [0.5, 0.6) is 0 Å². The molecular weight excluding hydrogens is 387 g/mol. The molecule has 2 aromatic rings. The first-order valence-electron chi connectivity index (χ1n) is 8.95. The summed E-state index contributed by atoms with van der Waals surface area (Å²) in [4.78, 5) is 37.9. The highest BCUT2D eigenvalue weighted by atomic mass is 19.4. The molecule has 2 N–H and O–H groups in total. The van der Waals surface area contributed by atoms with Gasteiger partial charge in [-0.15, -0.1) is 0 Å². The Bertz CT molecular complexity index is 944. The maximum Gasteiger partial charge on any atom is 0.418 e. The fourth-order valence-corrected chi connectivity index (χ4v) is 3.04. The molecule has 0 spiro atoms. The van der Waals surface area contributed by atoms with Gasteiger partial charge in [-0.05, 0) is 43.2 Å². The maximum absolute atomic E-state index is 13.0. The summed E-state index contributed by atoms with van der Waals surface area (Å²) in [5.41, 5.74) is -0.722. The van der Waals surface area contributed by atoms with E-state index in [-0.39, 0.29) is 11.6 Å². The lowest BCUT2D eigenvalue weighted by atomic mass is 10.1. The predicted octanol–water partition coefficient (Wildman–Crippen LogP) is 3.80. The molecule has 9 heteroatoms. The lowest BCUT2D eigenvalue weighted by Gasteiger charge is -2.27. The van der Waals surface area contributed by atoms with Gasteiger partial charge < -0.3 is 15.5 Å². The first kappa shape index (κ1) is 20.4. The van der Waals surface area contributed by atoms with Crippen molar-refractivity contribution in [1.82, 2.24) is 0 Å². The average molecular weight is 405 g/mol. The molecule has 0 unspecified atom stereocenters. The summed E-state index contributed by atoms with van der Waals surface area (Å²) in [5.74, 6) is -2.38. The van der Waals surface area contributed by atoms with E-state index in [0.717, 1.165) is 25.0 Å². The quantitative estimate of drug-likeness (QED) is 0.763. The molecule has 0 bridgehead atoms. The fourth-order valence-electron chi connectivity index (χ4n) is 3.04. The molecule has 6 nitrogen and oxygen atoms in total. The molecule has 29 heavy (non-hydrogen) atoms. The molecule has 1 fully saturated rings. The molecule has 1 aliphatic rings. The van der Waals surface area contributed by atoms with Gasteiger partial charge in [-0.2, -0.15) is 13.2 Å². The number of carbonyl (C=O) groups is 3. The van der Waals surface area contributed by atoms with Crippen LogP contribution in [0.25, 0.3) is 0 Å². The van der Waals surface area contributed by atoms with E-state index in [9.17, 15) is 27.6 Å². The Labute approximate surface area is 164 Å². The molecule has 152 valence electrons. The number of hydrogen-bond donors (Lipinski definition) is 2. The lowest BCUT2D eigenvalue weighted by molar-refractivity contribution is -0.137. The van der Waals surface area contributed by atoms with Crippen molar-refractivity contribution in [2.24, 2.45) is 0 Å². The van der Waals surface area contributed by atoms with Crippen molar-refractivity contribution in [3.63, 3.8) is 0 Å². The lowest BCUT2D eigenvalue weighted by Crippen LogP contribution is -2.35. The van der Waals surface area contributed by atoms with Crippen LogP contribution < -0.4 is 15.5 Å². The number of anilines is 3. The first-order valence-corrected chi connectivity index (χ1v) is 8.95. The molecule has 1 heterocycles. The largest absolute Gasteiger partial charge is 0.418 e. The van der Waals surface area contributed by atoms with Gasteiger partial charge in [-0.3, -0.25) is 14.4 Å². The third-order valence-electron chi connectivity index (χ3n) is 4.43. The van der Waals surface area contributed by atoms with Crippen molar-refractivity contribution in [3.8, 4) is 0 Å². The second-order valence-electron chi connectivity index (χ2n) is 6.50. The van der Waals surface area contributed by atoms with Crippen LogP contribution in [0.15, 0.2) is 48.5 Å². The summed E-state index contributed by atoms with van der Waals surface area (Å²) in [6.07, 6.45) is -2.54. The van der Waals surface area contributed by atoms with Gasteiger partial charge in [0, 0.05) is 24.3 Å². The Kier molecular flexibility index (Phi) is 5.86. The predicted molar refractivity (Wildman–Crippen MR) is 101 cm³/mol. The van der Waals surface area contributed by atoms with Crippen molar-refractivity contribution in [3.05, 3.63) is 54.1 Å². The number of rotatable bonds is 3. The highest BCUT2D eigenvalue weighted by Crippen LogP contribution is 2.34. The number of benzene rings is 2. The minimum Gasteiger partial charge on any atom is -0.318 e. The maximum atomic E-state index is 13.0. The molecule has 0 saturated carbocycles. The summed E-state index contributed by atoms with van der Waals surface area (Å²) in [6, 6.07) is 10.8. The van der Waals surface area contributed by atoms with Crippen molar-refractivity contribution in [2.75, 3.05) is 22.1 Å². The van der Waals surface area contributed by atoms with Crippen molar-refractivity contribution in [2.45, 2.75) is 25.4 Å². The number of halogens is 3. The Morgan fingerprint density at radius 1 is 0.931 bits per heavy atom. The number of para-hydroxylation sites is 1. The van der Waals surface area contributed by atoms with E-state index < -0.39 is 29.2 Å². The van der Waals surface area contributed by atoms with E-state index in [0.29, 0.717) is 18.7 Å². The number of nitrogens with zero attached hydrogens (tertiary/aromatic N) is 1. The normalized spacial score (nSPS) is 14.4. The van der Waals surface area contributed by atoms with E-state index in [1.807, 2.05) is 5.32 Å². The van der Waals surface area contributed by atoms with Crippen LogP contribution >= 0.6 is 0 Å². The molecule has 0 atom stereocenters. The molecule has 0 aromatic heterocycles. The van der Waals surface area contributed by atoms with E-state index in [1.54, 1.807) is 17.0 Å². The van der Waals surface area contributed by atoms with E-state index in [1.165, 1.54) is 24.3 Å². The minimum absolute atomic E-state index is 0.0266. The number of hydrogen-bond acceptors (Lipinski definition) is 3. The van der Waals surface area contributed by atoms with Crippen LogP contribution in [-0.4, -0.2) is 24.3 Å². The number of alkyl halides is 3. The smallest absolute Gasteiger partial charge is 0.318 e. The number of piperidine rings is 1. The summed E-state index contributed by atoms with van der Waals surface area (Å²) in [5, 5.41) is 4.33. The molecular formula is C20H18F3N3O3. The number of carbonyl (C=O) groups excluding carboxylic acids is 3. The topological polar surface area (TPSA) is 78.5 Å². The van der Waals surface area contributed by atoms with Gasteiger partial charge >= 0.3 is 18.0 Å². The van der Waals surface area contributed by atoms with E-state index >= 15 is 0 Å². The minimum atomic E-state index is -4.67. The molecule has 3 rings (SSSR count). The van der Waals surface area contributed by atoms with Crippen LogP contribution in [0.4, 0.5) is 30.2 Å². The van der Waals surface area contributed by atoms with Crippen LogP contribution in [0.3, 0.4) is 0 Å². The molecule has 0 radical (unpaired) electrons. The molecule has 1 saturated heterocycles. The summed E-state index contributed by atoms with van der Waals surface area (Å²) in [6.45, 7) is 0.560. The summed E-state index contributed by atoms with van der Waals surface area (Å²) < 4.78 is 39.0.